The Morgan fingerprint density at radius 2 is 2.05 bits per heavy atom. The van der Waals surface area contributed by atoms with Gasteiger partial charge < -0.3 is 5.32 Å². The summed E-state index contributed by atoms with van der Waals surface area (Å²) in [6, 6.07) is 15.5. The fourth-order valence-electron chi connectivity index (χ4n) is 4.65. The lowest BCUT2D eigenvalue weighted by Gasteiger charge is -2.27. The first-order chi connectivity index (χ1) is 17.9. The molecule has 5 rings (SSSR count). The number of halogens is 3. The molecule has 6 nitrogen and oxygen atoms in total. The van der Waals surface area contributed by atoms with Gasteiger partial charge in [-0.15, -0.1) is 0 Å². The summed E-state index contributed by atoms with van der Waals surface area (Å²) in [5, 5.41) is 14.1. The molecule has 1 amide bonds. The summed E-state index contributed by atoms with van der Waals surface area (Å²) in [5.74, 6) is -0.360. The number of benzene rings is 2. The smallest absolute Gasteiger partial charge is 0.326 e. The first-order valence-electron chi connectivity index (χ1n) is 11.7. The van der Waals surface area contributed by atoms with Gasteiger partial charge in [-0.25, -0.2) is 14.2 Å². The lowest BCUT2D eigenvalue weighted by molar-refractivity contribution is 0.240. The number of hydrogen-bond donors (Lipinski definition) is 1. The maximum absolute atomic E-state index is 14.1. The molecule has 0 unspecified atom stereocenters. The van der Waals surface area contributed by atoms with E-state index in [0.29, 0.717) is 52.9 Å². The van der Waals surface area contributed by atoms with Gasteiger partial charge in [0.15, 0.2) is 0 Å². The number of rotatable bonds is 5. The zero-order valence-electron chi connectivity index (χ0n) is 19.7. The molecule has 0 radical (unpaired) electrons. The van der Waals surface area contributed by atoms with E-state index in [1.807, 2.05) is 12.1 Å². The van der Waals surface area contributed by atoms with Gasteiger partial charge in [-0.05, 0) is 47.5 Å². The summed E-state index contributed by atoms with van der Waals surface area (Å²) in [7, 11) is 0. The molecular weight excluding hydrogens is 512 g/mol. The van der Waals surface area contributed by atoms with Crippen molar-refractivity contribution < 1.29 is 9.18 Å². The second-order valence-electron chi connectivity index (χ2n) is 8.80. The third-order valence-corrected chi connectivity index (χ3v) is 6.86. The number of fused-ring (bicyclic) bond motifs is 3. The number of carbonyl (C=O) groups is 1. The summed E-state index contributed by atoms with van der Waals surface area (Å²) in [4.78, 5) is 19.6. The SMILES string of the molecule is N#Cc1ccc2c3c(n(C(=O)NCc4ccnc(Cl)c4)c2c1)CCN(CC=Cc1ccc(Cl)cc1F)C3. The lowest BCUT2D eigenvalue weighted by atomic mass is 10.0. The molecule has 0 atom stereocenters. The molecular formula is C28H22Cl2FN5O. The predicted octanol–water partition coefficient (Wildman–Crippen LogP) is 6.18. The van der Waals surface area contributed by atoms with Crippen LogP contribution in [0.5, 0.6) is 0 Å². The minimum Gasteiger partial charge on any atom is -0.333 e. The summed E-state index contributed by atoms with van der Waals surface area (Å²) >= 11 is 11.8. The van der Waals surface area contributed by atoms with E-state index in [2.05, 4.69) is 21.3 Å². The number of amides is 1. The van der Waals surface area contributed by atoms with E-state index in [1.54, 1.807) is 53.2 Å². The van der Waals surface area contributed by atoms with Crippen LogP contribution < -0.4 is 5.32 Å². The van der Waals surface area contributed by atoms with Crippen LogP contribution >= 0.6 is 23.2 Å². The molecule has 186 valence electrons. The Bertz CT molecular complexity index is 1570. The molecule has 1 N–H and O–H groups in total. The van der Waals surface area contributed by atoms with Crippen LogP contribution in [0.2, 0.25) is 10.2 Å². The van der Waals surface area contributed by atoms with Crippen molar-refractivity contribution in [3.05, 3.63) is 105 Å². The standard InChI is InChI=1S/C28H22Cl2FN5O/c29-21-5-4-20(24(31)14-21)2-1-10-35-11-8-25-23(17-35)22-6-3-18(15-32)12-26(22)36(25)28(37)34-16-19-7-9-33-27(30)13-19/h1-7,9,12-14H,8,10-11,16-17H2,(H,34,37). The third kappa shape index (κ3) is 5.37. The van der Waals surface area contributed by atoms with Gasteiger partial charge in [0, 0.05) is 60.5 Å². The molecule has 3 heterocycles. The van der Waals surface area contributed by atoms with Crippen LogP contribution in [0.3, 0.4) is 0 Å². The first-order valence-corrected chi connectivity index (χ1v) is 12.5. The summed E-state index contributed by atoms with van der Waals surface area (Å²) < 4.78 is 15.8. The van der Waals surface area contributed by atoms with Crippen molar-refractivity contribution in [3.63, 3.8) is 0 Å². The minimum absolute atomic E-state index is 0.263. The maximum atomic E-state index is 14.1. The van der Waals surface area contributed by atoms with E-state index >= 15 is 0 Å². The molecule has 0 saturated heterocycles. The van der Waals surface area contributed by atoms with E-state index in [0.717, 1.165) is 28.8 Å². The largest absolute Gasteiger partial charge is 0.333 e. The molecule has 2 aromatic heterocycles. The lowest BCUT2D eigenvalue weighted by Crippen LogP contribution is -2.34. The van der Waals surface area contributed by atoms with Crippen LogP contribution in [0.25, 0.3) is 17.0 Å². The van der Waals surface area contributed by atoms with Gasteiger partial charge in [0.1, 0.15) is 11.0 Å². The second-order valence-corrected chi connectivity index (χ2v) is 9.63. The Morgan fingerprint density at radius 3 is 2.84 bits per heavy atom. The zero-order chi connectivity index (χ0) is 25.9. The number of aromatic nitrogens is 2. The Balaban J connectivity index is 1.39. The van der Waals surface area contributed by atoms with Gasteiger partial charge in [0.2, 0.25) is 0 Å². The quantitative estimate of drug-likeness (QED) is 0.310. The van der Waals surface area contributed by atoms with Gasteiger partial charge >= 0.3 is 6.03 Å². The van der Waals surface area contributed by atoms with Gasteiger partial charge in [0.05, 0.1) is 17.1 Å². The Labute approximate surface area is 223 Å². The monoisotopic (exact) mass is 533 g/mol. The van der Waals surface area contributed by atoms with E-state index in [-0.39, 0.29) is 11.8 Å². The van der Waals surface area contributed by atoms with Gasteiger partial charge in [-0.3, -0.25) is 9.47 Å². The van der Waals surface area contributed by atoms with E-state index < -0.39 is 0 Å². The average Bonchev–Trinajstić information content (AvgIpc) is 3.21. The van der Waals surface area contributed by atoms with Crippen LogP contribution in [0, 0.1) is 17.1 Å². The zero-order valence-corrected chi connectivity index (χ0v) is 21.2. The number of carbonyl (C=O) groups excluding carboxylic acids is 1. The van der Waals surface area contributed by atoms with E-state index in [1.165, 1.54) is 6.07 Å². The highest BCUT2D eigenvalue weighted by atomic mass is 35.5. The predicted molar refractivity (Wildman–Crippen MR) is 143 cm³/mol. The third-order valence-electron chi connectivity index (χ3n) is 6.42. The molecule has 0 bridgehead atoms. The Morgan fingerprint density at radius 1 is 1.19 bits per heavy atom. The van der Waals surface area contributed by atoms with Crippen LogP contribution in [0.4, 0.5) is 9.18 Å². The van der Waals surface area contributed by atoms with Crippen molar-refractivity contribution in [2.45, 2.75) is 19.5 Å². The Hall–Kier alpha value is -3.70. The van der Waals surface area contributed by atoms with Crippen molar-refractivity contribution in [3.8, 4) is 6.07 Å². The molecule has 9 heteroatoms. The molecule has 1 aliphatic rings. The van der Waals surface area contributed by atoms with Gasteiger partial charge in [0.25, 0.3) is 0 Å². The normalized spacial score (nSPS) is 13.6. The van der Waals surface area contributed by atoms with Crippen molar-refractivity contribution in [1.82, 2.24) is 19.8 Å². The second kappa shape index (κ2) is 10.7. The van der Waals surface area contributed by atoms with Crippen LogP contribution in [-0.4, -0.2) is 33.6 Å². The summed E-state index contributed by atoms with van der Waals surface area (Å²) in [6.07, 6.45) is 5.93. The maximum Gasteiger partial charge on any atom is 0.326 e. The summed E-state index contributed by atoms with van der Waals surface area (Å²) in [6.45, 7) is 2.28. The molecule has 0 fully saturated rings. The van der Waals surface area contributed by atoms with E-state index in [4.69, 9.17) is 23.2 Å². The molecule has 4 aromatic rings. The highest BCUT2D eigenvalue weighted by Gasteiger charge is 2.26. The van der Waals surface area contributed by atoms with Crippen molar-refractivity contribution in [2.75, 3.05) is 13.1 Å². The first kappa shape index (κ1) is 25.0. The van der Waals surface area contributed by atoms with E-state index in [9.17, 15) is 14.4 Å². The van der Waals surface area contributed by atoms with Gasteiger partial charge in [-0.1, -0.05) is 47.5 Å². The number of nitrogens with zero attached hydrogens (tertiary/aromatic N) is 4. The minimum atomic E-state index is -0.360. The number of pyridine rings is 1. The highest BCUT2D eigenvalue weighted by Crippen LogP contribution is 2.31. The highest BCUT2D eigenvalue weighted by molar-refractivity contribution is 6.30. The van der Waals surface area contributed by atoms with Crippen LogP contribution in [-0.2, 0) is 19.5 Å². The fourth-order valence-corrected chi connectivity index (χ4v) is 5.00. The molecule has 0 aliphatic carbocycles. The average molecular weight is 534 g/mol. The van der Waals surface area contributed by atoms with Crippen molar-refractivity contribution >= 4 is 46.2 Å². The number of nitrogens with one attached hydrogen (secondary N) is 1. The molecule has 37 heavy (non-hydrogen) atoms. The van der Waals surface area contributed by atoms with Crippen LogP contribution in [0.15, 0.2) is 60.8 Å². The molecule has 1 aliphatic heterocycles. The number of nitriles is 1. The molecule has 2 aromatic carbocycles. The van der Waals surface area contributed by atoms with Crippen LogP contribution in [0.1, 0.15) is 27.9 Å². The topological polar surface area (TPSA) is 74.0 Å². The van der Waals surface area contributed by atoms with Crippen molar-refractivity contribution in [2.24, 2.45) is 0 Å². The molecule has 0 spiro atoms. The van der Waals surface area contributed by atoms with Crippen molar-refractivity contribution in [1.29, 1.82) is 5.26 Å². The fraction of sp³-hybridized carbons (Fsp3) is 0.179. The summed E-state index contributed by atoms with van der Waals surface area (Å²) in [5.41, 5.74) is 4.50. The molecule has 0 saturated carbocycles. The Kier molecular flexibility index (Phi) is 7.24. The van der Waals surface area contributed by atoms with Gasteiger partial charge in [-0.2, -0.15) is 5.26 Å². The number of hydrogen-bond acceptors (Lipinski definition) is 4.